The molecule has 2 unspecified atom stereocenters. The summed E-state index contributed by atoms with van der Waals surface area (Å²) in [6, 6.07) is 28.3. The van der Waals surface area contributed by atoms with Crippen molar-refractivity contribution in [2.75, 3.05) is 0 Å². The number of ether oxygens (including phenoxy) is 1. The molecule has 132 valence electrons. The fourth-order valence-corrected chi connectivity index (χ4v) is 3.08. The highest BCUT2D eigenvalue weighted by Crippen LogP contribution is 2.29. The summed E-state index contributed by atoms with van der Waals surface area (Å²) in [5, 5.41) is 0. The Morgan fingerprint density at radius 2 is 1.46 bits per heavy atom. The molecule has 0 aliphatic rings. The van der Waals surface area contributed by atoms with Crippen molar-refractivity contribution in [2.24, 2.45) is 5.92 Å². The molecule has 0 radical (unpaired) electrons. The molecule has 0 bridgehead atoms. The maximum Gasteiger partial charge on any atom is 0.124 e. The Morgan fingerprint density at radius 3 is 2.08 bits per heavy atom. The van der Waals surface area contributed by atoms with E-state index in [4.69, 9.17) is 4.74 Å². The molecule has 0 aliphatic heterocycles. The highest BCUT2D eigenvalue weighted by Gasteiger charge is 2.20. The number of rotatable bonds is 8. The second-order valence-corrected chi connectivity index (χ2v) is 6.65. The van der Waals surface area contributed by atoms with Gasteiger partial charge in [0.15, 0.2) is 0 Å². The van der Waals surface area contributed by atoms with Gasteiger partial charge in [0.2, 0.25) is 0 Å². The van der Waals surface area contributed by atoms with E-state index in [0.29, 0.717) is 6.42 Å². The monoisotopic (exact) mass is 344 g/mol. The minimum Gasteiger partial charge on any atom is -0.486 e. The lowest BCUT2D eigenvalue weighted by Gasteiger charge is -2.23. The van der Waals surface area contributed by atoms with Gasteiger partial charge in [-0.05, 0) is 43.0 Å². The van der Waals surface area contributed by atoms with Crippen molar-refractivity contribution in [3.63, 3.8) is 0 Å². The molecule has 2 nitrogen and oxygen atoms in total. The number of carbonyl (C=O) groups excluding carboxylic acids is 1. The predicted molar refractivity (Wildman–Crippen MR) is 105 cm³/mol. The Labute approximate surface area is 155 Å². The van der Waals surface area contributed by atoms with Crippen LogP contribution in [-0.4, -0.2) is 6.29 Å². The first-order valence-electron chi connectivity index (χ1n) is 9.02. The van der Waals surface area contributed by atoms with E-state index < -0.39 is 0 Å². The molecular formula is C24H24O2. The molecule has 0 fully saturated rings. The highest BCUT2D eigenvalue weighted by molar-refractivity contribution is 5.54. The Kier molecular flexibility index (Phi) is 6.21. The van der Waals surface area contributed by atoms with Crippen LogP contribution in [-0.2, 0) is 11.2 Å². The van der Waals surface area contributed by atoms with Crippen LogP contribution in [0.3, 0.4) is 0 Å². The largest absolute Gasteiger partial charge is 0.486 e. The molecule has 26 heavy (non-hydrogen) atoms. The number of hydrogen-bond acceptors (Lipinski definition) is 2. The molecule has 0 amide bonds. The van der Waals surface area contributed by atoms with E-state index in [0.717, 1.165) is 24.0 Å². The standard InChI is InChI=1S/C24H24O2/c1-19-12-14-23(15-13-19)26-24(22-10-6-3-7-11-22)17-21(18-25)16-20-8-4-2-5-9-20/h2-15,18,21,24H,16-17H2,1H3. The smallest absolute Gasteiger partial charge is 0.124 e. The maximum atomic E-state index is 11.7. The van der Waals surface area contributed by atoms with Gasteiger partial charge in [0.25, 0.3) is 0 Å². The van der Waals surface area contributed by atoms with E-state index in [1.165, 1.54) is 11.1 Å². The molecule has 0 aromatic heterocycles. The van der Waals surface area contributed by atoms with Crippen LogP contribution in [0.4, 0.5) is 0 Å². The lowest BCUT2D eigenvalue weighted by molar-refractivity contribution is -0.111. The second-order valence-electron chi connectivity index (χ2n) is 6.65. The number of aryl methyl sites for hydroxylation is 1. The van der Waals surface area contributed by atoms with Crippen LogP contribution >= 0.6 is 0 Å². The lowest BCUT2D eigenvalue weighted by Crippen LogP contribution is -2.16. The quantitative estimate of drug-likeness (QED) is 0.500. The molecule has 3 aromatic carbocycles. The van der Waals surface area contributed by atoms with Gasteiger partial charge >= 0.3 is 0 Å². The van der Waals surface area contributed by atoms with E-state index in [1.54, 1.807) is 0 Å². The van der Waals surface area contributed by atoms with Crippen LogP contribution in [0.2, 0.25) is 0 Å². The number of aldehydes is 1. The van der Waals surface area contributed by atoms with E-state index in [2.05, 4.69) is 31.2 Å². The molecule has 0 saturated heterocycles. The molecule has 2 atom stereocenters. The van der Waals surface area contributed by atoms with Gasteiger partial charge in [-0.3, -0.25) is 0 Å². The summed E-state index contributed by atoms with van der Waals surface area (Å²) >= 11 is 0. The zero-order valence-corrected chi connectivity index (χ0v) is 15.0. The summed E-state index contributed by atoms with van der Waals surface area (Å²) < 4.78 is 6.27. The molecule has 0 N–H and O–H groups in total. The van der Waals surface area contributed by atoms with Crippen molar-refractivity contribution in [1.82, 2.24) is 0 Å². The SMILES string of the molecule is Cc1ccc(OC(CC(C=O)Cc2ccccc2)c2ccccc2)cc1. The summed E-state index contributed by atoms with van der Waals surface area (Å²) in [4.78, 5) is 11.7. The van der Waals surface area contributed by atoms with E-state index in [9.17, 15) is 4.79 Å². The third kappa shape index (κ3) is 5.06. The summed E-state index contributed by atoms with van der Waals surface area (Å²) in [5.41, 5.74) is 3.46. The van der Waals surface area contributed by atoms with Crippen molar-refractivity contribution in [2.45, 2.75) is 25.9 Å². The van der Waals surface area contributed by atoms with Gasteiger partial charge in [0, 0.05) is 5.92 Å². The Morgan fingerprint density at radius 1 is 0.846 bits per heavy atom. The van der Waals surface area contributed by atoms with Crippen LogP contribution in [0.5, 0.6) is 5.75 Å². The summed E-state index contributed by atoms with van der Waals surface area (Å²) in [5.74, 6) is 0.738. The first-order chi connectivity index (χ1) is 12.7. The molecule has 2 heteroatoms. The van der Waals surface area contributed by atoms with Crippen LogP contribution in [0.1, 0.15) is 29.2 Å². The fourth-order valence-electron chi connectivity index (χ4n) is 3.08. The van der Waals surface area contributed by atoms with E-state index in [-0.39, 0.29) is 12.0 Å². The van der Waals surface area contributed by atoms with E-state index in [1.807, 2.05) is 60.7 Å². The summed E-state index contributed by atoms with van der Waals surface area (Å²) in [6.45, 7) is 2.06. The Balaban J connectivity index is 1.78. The molecule has 0 spiro atoms. The third-order valence-electron chi connectivity index (χ3n) is 4.52. The lowest BCUT2D eigenvalue weighted by atomic mass is 9.92. The summed E-state index contributed by atoms with van der Waals surface area (Å²) in [6.07, 6.45) is 2.28. The normalized spacial score (nSPS) is 13.0. The number of hydrogen-bond donors (Lipinski definition) is 0. The average molecular weight is 344 g/mol. The topological polar surface area (TPSA) is 26.3 Å². The van der Waals surface area contributed by atoms with Crippen LogP contribution < -0.4 is 4.74 Å². The fraction of sp³-hybridized carbons (Fsp3) is 0.208. The van der Waals surface area contributed by atoms with Gasteiger partial charge in [0.05, 0.1) is 0 Å². The molecule has 0 saturated carbocycles. The third-order valence-corrected chi connectivity index (χ3v) is 4.52. The highest BCUT2D eigenvalue weighted by atomic mass is 16.5. The number of carbonyl (C=O) groups is 1. The van der Waals surface area contributed by atoms with Crippen LogP contribution in [0.15, 0.2) is 84.9 Å². The second kappa shape index (κ2) is 9.00. The first kappa shape index (κ1) is 17.9. The van der Waals surface area contributed by atoms with Gasteiger partial charge in [-0.2, -0.15) is 0 Å². The minimum atomic E-state index is -0.155. The summed E-state index contributed by atoms with van der Waals surface area (Å²) in [7, 11) is 0. The first-order valence-corrected chi connectivity index (χ1v) is 9.02. The van der Waals surface area contributed by atoms with E-state index >= 15 is 0 Å². The number of benzene rings is 3. The van der Waals surface area contributed by atoms with Gasteiger partial charge in [-0.1, -0.05) is 78.4 Å². The molecule has 3 aromatic rings. The van der Waals surface area contributed by atoms with Gasteiger partial charge in [-0.25, -0.2) is 0 Å². The van der Waals surface area contributed by atoms with Gasteiger partial charge < -0.3 is 9.53 Å². The molecule has 0 aliphatic carbocycles. The van der Waals surface area contributed by atoms with Crippen LogP contribution in [0, 0.1) is 12.8 Å². The Bertz CT molecular complexity index is 795. The Hall–Kier alpha value is -2.87. The van der Waals surface area contributed by atoms with Gasteiger partial charge in [0.1, 0.15) is 18.1 Å². The maximum absolute atomic E-state index is 11.7. The van der Waals surface area contributed by atoms with Crippen molar-refractivity contribution in [1.29, 1.82) is 0 Å². The predicted octanol–water partition coefficient (Wildman–Crippen LogP) is 5.56. The average Bonchev–Trinajstić information content (AvgIpc) is 2.70. The van der Waals surface area contributed by atoms with Crippen molar-refractivity contribution >= 4 is 6.29 Å². The zero-order chi connectivity index (χ0) is 18.2. The van der Waals surface area contributed by atoms with Crippen LogP contribution in [0.25, 0.3) is 0 Å². The van der Waals surface area contributed by atoms with Gasteiger partial charge in [-0.15, -0.1) is 0 Å². The van der Waals surface area contributed by atoms with Crippen molar-refractivity contribution < 1.29 is 9.53 Å². The molecule has 0 heterocycles. The minimum absolute atomic E-state index is 0.0898. The molecule has 3 rings (SSSR count). The van der Waals surface area contributed by atoms with Crippen molar-refractivity contribution in [3.05, 3.63) is 102 Å². The zero-order valence-electron chi connectivity index (χ0n) is 15.0. The van der Waals surface area contributed by atoms with Crippen molar-refractivity contribution in [3.8, 4) is 5.75 Å². The molecular weight excluding hydrogens is 320 g/mol.